The average molecular weight is 674 g/mol. The topological polar surface area (TPSA) is 133 Å². The molecule has 46 heavy (non-hydrogen) atoms. The van der Waals surface area contributed by atoms with Crippen molar-refractivity contribution in [3.05, 3.63) is 130 Å². The number of thiazole rings is 1. The smallest absolute Gasteiger partial charge is 0.352 e. The van der Waals surface area contributed by atoms with Crippen molar-refractivity contribution in [2.75, 3.05) is 24.1 Å². The highest BCUT2D eigenvalue weighted by Gasteiger charge is 2.54. The number of hydrogen-bond acceptors (Lipinski definition) is 9. The molecule has 3 heterocycles. The van der Waals surface area contributed by atoms with Crippen LogP contribution in [-0.2, 0) is 24.8 Å². The van der Waals surface area contributed by atoms with Crippen LogP contribution in [0.5, 0.6) is 0 Å². The van der Waals surface area contributed by atoms with Crippen molar-refractivity contribution >= 4 is 63.3 Å². The third-order valence-corrected chi connectivity index (χ3v) is 10.2. The highest BCUT2D eigenvalue weighted by Crippen LogP contribution is 2.42. The lowest BCUT2D eigenvalue weighted by atomic mass is 9.77. The molecule has 0 radical (unpaired) electrons. The lowest BCUT2D eigenvalue weighted by Gasteiger charge is -2.49. The summed E-state index contributed by atoms with van der Waals surface area (Å²) in [5.74, 6) is -2.13. The Morgan fingerprint density at radius 2 is 1.59 bits per heavy atom. The maximum Gasteiger partial charge on any atom is 0.352 e. The molecule has 3 N–H and O–H groups in total. The summed E-state index contributed by atoms with van der Waals surface area (Å²) in [5.41, 5.74) is 2.55. The second-order valence-corrected chi connectivity index (χ2v) is 12.6. The largest absolute Gasteiger partial charge is 0.477 e. The van der Waals surface area contributed by atoms with E-state index in [4.69, 9.17) is 21.4 Å². The van der Waals surface area contributed by atoms with E-state index in [1.54, 1.807) is 5.38 Å². The number of thioether (sulfide) groups is 1. The lowest BCUT2D eigenvalue weighted by Crippen LogP contribution is -2.71. The van der Waals surface area contributed by atoms with Crippen LogP contribution in [0.25, 0.3) is 0 Å². The summed E-state index contributed by atoms with van der Waals surface area (Å²) in [6.45, 7) is 0. The van der Waals surface area contributed by atoms with Gasteiger partial charge in [-0.2, -0.15) is 0 Å². The first kappa shape index (κ1) is 31.3. The van der Waals surface area contributed by atoms with Crippen molar-refractivity contribution in [3.63, 3.8) is 0 Å². The van der Waals surface area contributed by atoms with Crippen LogP contribution in [0, 0.1) is 0 Å². The predicted octanol–water partition coefficient (Wildman–Crippen LogP) is 4.88. The number of alkyl halides is 1. The van der Waals surface area contributed by atoms with Gasteiger partial charge in [0.15, 0.2) is 10.8 Å². The van der Waals surface area contributed by atoms with Crippen LogP contribution < -0.4 is 10.6 Å². The molecular formula is C33H28ClN5O5S2. The number of aromatic nitrogens is 1. The van der Waals surface area contributed by atoms with Gasteiger partial charge in [-0.3, -0.25) is 14.5 Å². The Morgan fingerprint density at radius 1 is 1.02 bits per heavy atom. The zero-order chi connectivity index (χ0) is 32.3. The van der Waals surface area contributed by atoms with Gasteiger partial charge in [-0.15, -0.1) is 34.7 Å². The number of halogens is 1. The predicted molar refractivity (Wildman–Crippen MR) is 179 cm³/mol. The molecule has 2 aliphatic rings. The number of anilines is 1. The molecule has 3 aromatic carbocycles. The monoisotopic (exact) mass is 673 g/mol. The van der Waals surface area contributed by atoms with Crippen LogP contribution in [0.3, 0.4) is 0 Å². The number of fused-ring (bicyclic) bond motifs is 1. The minimum Gasteiger partial charge on any atom is -0.477 e. The summed E-state index contributed by atoms with van der Waals surface area (Å²) in [4.78, 5) is 49.4. The molecule has 1 aromatic heterocycles. The second kappa shape index (κ2) is 13.4. The zero-order valence-electron chi connectivity index (χ0n) is 24.4. The first-order valence-corrected chi connectivity index (χ1v) is 16.6. The van der Waals surface area contributed by atoms with Crippen LogP contribution >= 0.6 is 34.7 Å². The maximum atomic E-state index is 13.5. The third-order valence-electron chi connectivity index (χ3n) is 7.76. The number of carboxylic acid groups (broad SMARTS) is 1. The standard InChI is InChI=1S/C33H28ClN5O5S2/c1-44-38-25(28(40)36-26-29(41)39-27(31(42)43)20(17-34)18-45-30(26)39)24-19-46-32(35-24)37-33(21-11-5-2-6-12-21,22-13-7-3-8-14-22)23-15-9-4-10-16-23/h2-16,19,26,30H,17-18H2,1H3,(H,35,37)(H,36,40)(H,42,43)/b38-25-/t26?,30-/m0/s1. The van der Waals surface area contributed by atoms with Crippen LogP contribution in [0.1, 0.15) is 22.4 Å². The molecule has 6 rings (SSSR count). The maximum absolute atomic E-state index is 13.5. The molecule has 0 spiro atoms. The molecule has 10 nitrogen and oxygen atoms in total. The van der Waals surface area contributed by atoms with Crippen molar-refractivity contribution in [3.8, 4) is 0 Å². The van der Waals surface area contributed by atoms with E-state index in [0.717, 1.165) is 16.7 Å². The van der Waals surface area contributed by atoms with Crippen molar-refractivity contribution in [2.45, 2.75) is 17.0 Å². The van der Waals surface area contributed by atoms with Gasteiger partial charge < -0.3 is 20.6 Å². The van der Waals surface area contributed by atoms with E-state index in [-0.39, 0.29) is 23.0 Å². The van der Waals surface area contributed by atoms with Gasteiger partial charge in [0.1, 0.15) is 35.5 Å². The Hall–Kier alpha value is -4.65. The third kappa shape index (κ3) is 5.63. The summed E-state index contributed by atoms with van der Waals surface area (Å²) in [7, 11) is 1.31. The van der Waals surface area contributed by atoms with Crippen LogP contribution in [0.2, 0.25) is 0 Å². The molecule has 2 atom stereocenters. The van der Waals surface area contributed by atoms with Crippen LogP contribution in [0.15, 0.2) is 113 Å². The Bertz CT molecular complexity index is 1720. The Balaban J connectivity index is 1.30. The van der Waals surface area contributed by atoms with Gasteiger partial charge in [-0.1, -0.05) is 96.2 Å². The number of β-lactam (4-membered cyclic amide) rings is 1. The number of carbonyl (C=O) groups excluding carboxylic acids is 2. The van der Waals surface area contributed by atoms with Gasteiger partial charge in [0.25, 0.3) is 11.8 Å². The molecule has 234 valence electrons. The van der Waals surface area contributed by atoms with E-state index in [1.165, 1.54) is 35.1 Å². The molecule has 0 bridgehead atoms. The van der Waals surface area contributed by atoms with Gasteiger partial charge >= 0.3 is 5.97 Å². The highest BCUT2D eigenvalue weighted by atomic mass is 35.5. The van der Waals surface area contributed by atoms with E-state index in [0.29, 0.717) is 16.5 Å². The summed E-state index contributed by atoms with van der Waals surface area (Å²) in [5, 5.41) is 21.7. The molecule has 0 aliphatic carbocycles. The van der Waals surface area contributed by atoms with Gasteiger partial charge in [0, 0.05) is 17.0 Å². The first-order valence-electron chi connectivity index (χ1n) is 14.2. The molecule has 1 fully saturated rings. The number of carboxylic acids is 1. The first-order chi connectivity index (χ1) is 22.4. The molecule has 4 aromatic rings. The van der Waals surface area contributed by atoms with E-state index >= 15 is 0 Å². The molecule has 13 heteroatoms. The number of nitrogens with zero attached hydrogens (tertiary/aromatic N) is 3. The van der Waals surface area contributed by atoms with E-state index in [9.17, 15) is 19.5 Å². The summed E-state index contributed by atoms with van der Waals surface area (Å²) < 4.78 is 0. The van der Waals surface area contributed by atoms with Crippen LogP contribution in [-0.4, -0.2) is 68.6 Å². The van der Waals surface area contributed by atoms with E-state index in [2.05, 4.69) is 52.2 Å². The molecule has 2 amide bonds. The van der Waals surface area contributed by atoms with Crippen molar-refractivity contribution in [1.29, 1.82) is 0 Å². The van der Waals surface area contributed by atoms with Gasteiger partial charge in [0.05, 0.1) is 0 Å². The SMILES string of the molecule is CO/N=C(\C(=O)NC1C(=O)N2C(C(=O)O)=C(CCl)CS[C@@H]12)c1csc(NC(c2ccccc2)(c2ccccc2)c2ccccc2)n1. The number of rotatable bonds is 11. The quantitative estimate of drug-likeness (QED) is 0.0675. The molecule has 0 saturated carbocycles. The molecule has 2 aliphatic heterocycles. The van der Waals surface area contributed by atoms with E-state index in [1.807, 2.05) is 54.6 Å². The number of benzene rings is 3. The van der Waals surface area contributed by atoms with Gasteiger partial charge in [-0.05, 0) is 22.3 Å². The summed E-state index contributed by atoms with van der Waals surface area (Å²) in [6, 6.07) is 29.1. The number of amides is 2. The number of aliphatic carboxylic acids is 1. The summed E-state index contributed by atoms with van der Waals surface area (Å²) >= 11 is 8.56. The van der Waals surface area contributed by atoms with Crippen molar-refractivity contribution < 1.29 is 24.3 Å². The average Bonchev–Trinajstić information content (AvgIpc) is 3.56. The normalized spacial score (nSPS) is 18.0. The fourth-order valence-electron chi connectivity index (χ4n) is 5.67. The molecule has 1 saturated heterocycles. The van der Waals surface area contributed by atoms with E-state index < -0.39 is 34.7 Å². The molecule has 1 unspecified atom stereocenters. The minimum atomic E-state index is -1.24. The number of oxime groups is 1. The number of nitrogens with one attached hydrogen (secondary N) is 2. The van der Waals surface area contributed by atoms with Crippen molar-refractivity contribution in [2.24, 2.45) is 5.16 Å². The lowest BCUT2D eigenvalue weighted by molar-refractivity contribution is -0.150. The molecular weight excluding hydrogens is 646 g/mol. The zero-order valence-corrected chi connectivity index (χ0v) is 26.8. The van der Waals surface area contributed by atoms with Gasteiger partial charge in [-0.25, -0.2) is 9.78 Å². The highest BCUT2D eigenvalue weighted by molar-refractivity contribution is 8.00. The fraction of sp³-hybridized carbons (Fsp3) is 0.182. The number of hydrogen-bond donors (Lipinski definition) is 3. The Morgan fingerprint density at radius 3 is 2.09 bits per heavy atom. The Kier molecular flexibility index (Phi) is 9.11. The summed E-state index contributed by atoms with van der Waals surface area (Å²) in [6.07, 6.45) is 0. The number of carbonyl (C=O) groups is 3. The minimum absolute atomic E-state index is 0.00684. The van der Waals surface area contributed by atoms with Crippen molar-refractivity contribution in [1.82, 2.24) is 15.2 Å². The second-order valence-electron chi connectivity index (χ2n) is 10.4. The van der Waals surface area contributed by atoms with Crippen LogP contribution in [0.4, 0.5) is 5.13 Å². The Labute approximate surface area is 278 Å². The van der Waals surface area contributed by atoms with Gasteiger partial charge in [0.2, 0.25) is 0 Å². The fourth-order valence-corrected chi connectivity index (χ4v) is 8.10.